The largest absolute Gasteiger partial charge is 0.492 e. The maximum atomic E-state index is 13.0. The first kappa shape index (κ1) is 37.4. The molecular formula is C32H47F3N4O4. The number of amides is 3. The number of carbonyl (C=O) groups is 3. The standard InChI is InChI=1S/C24H40N4O4.C8H7F3/c1-5-10-19(3)23(24(31)28(4)17-22(30)26-6-2)27-15-16-32-21-13-8-7-11-20(21)12-9-14-25-18-29;1-6-2-4-7(5-3-6)8(9,10)11/h7-8,11,13,18-19,23,27H,5-6,9-10,12,14-17H2,1-4H3,(H,25,29)(H,26,30);2-5H,1H3. The highest BCUT2D eigenvalue weighted by Crippen LogP contribution is 2.28. The summed E-state index contributed by atoms with van der Waals surface area (Å²) < 4.78 is 41.7. The number of carbonyl (C=O) groups excluding carboxylic acids is 3. The van der Waals surface area contributed by atoms with E-state index in [1.807, 2.05) is 31.2 Å². The van der Waals surface area contributed by atoms with Crippen molar-refractivity contribution in [3.05, 3.63) is 65.2 Å². The number of nitrogens with one attached hydrogen (secondary N) is 3. The van der Waals surface area contributed by atoms with Crippen molar-refractivity contribution in [2.45, 2.75) is 65.6 Å². The zero-order valence-electron chi connectivity index (χ0n) is 25.9. The summed E-state index contributed by atoms with van der Waals surface area (Å²) in [6, 6.07) is 12.5. The molecule has 0 heterocycles. The minimum absolute atomic E-state index is 0.0481. The molecule has 2 aromatic carbocycles. The van der Waals surface area contributed by atoms with E-state index in [1.165, 1.54) is 17.0 Å². The zero-order valence-corrected chi connectivity index (χ0v) is 25.9. The predicted molar refractivity (Wildman–Crippen MR) is 163 cm³/mol. The second-order valence-corrected chi connectivity index (χ2v) is 10.3. The molecule has 0 spiro atoms. The molecule has 2 unspecified atom stereocenters. The molecule has 0 aliphatic rings. The van der Waals surface area contributed by atoms with Crippen molar-refractivity contribution in [2.24, 2.45) is 5.92 Å². The first-order valence-electron chi connectivity index (χ1n) is 14.7. The Hall–Kier alpha value is -3.60. The van der Waals surface area contributed by atoms with Gasteiger partial charge >= 0.3 is 6.18 Å². The van der Waals surface area contributed by atoms with Crippen LogP contribution in [0.4, 0.5) is 13.2 Å². The summed E-state index contributed by atoms with van der Waals surface area (Å²) in [4.78, 5) is 36.7. The Labute approximate surface area is 253 Å². The highest BCUT2D eigenvalue weighted by atomic mass is 19.4. The fourth-order valence-electron chi connectivity index (χ4n) is 4.35. The van der Waals surface area contributed by atoms with E-state index in [9.17, 15) is 27.6 Å². The van der Waals surface area contributed by atoms with Crippen molar-refractivity contribution in [3.8, 4) is 5.75 Å². The van der Waals surface area contributed by atoms with Crippen molar-refractivity contribution in [2.75, 3.05) is 39.8 Å². The Morgan fingerprint density at radius 3 is 2.33 bits per heavy atom. The summed E-state index contributed by atoms with van der Waals surface area (Å²) >= 11 is 0. The van der Waals surface area contributed by atoms with Crippen LogP contribution in [-0.4, -0.2) is 69.0 Å². The van der Waals surface area contributed by atoms with Gasteiger partial charge in [-0.1, -0.05) is 56.2 Å². The molecule has 0 saturated heterocycles. The smallest absolute Gasteiger partial charge is 0.416 e. The van der Waals surface area contributed by atoms with E-state index in [4.69, 9.17) is 4.74 Å². The third-order valence-corrected chi connectivity index (χ3v) is 6.64. The molecule has 0 saturated carbocycles. The lowest BCUT2D eigenvalue weighted by Crippen LogP contribution is -2.51. The van der Waals surface area contributed by atoms with Gasteiger partial charge in [0, 0.05) is 26.7 Å². The van der Waals surface area contributed by atoms with Crippen LogP contribution >= 0.6 is 0 Å². The molecule has 2 rings (SSSR count). The van der Waals surface area contributed by atoms with Gasteiger partial charge < -0.3 is 25.6 Å². The van der Waals surface area contributed by atoms with Crippen LogP contribution in [0.2, 0.25) is 0 Å². The van der Waals surface area contributed by atoms with E-state index in [-0.39, 0.29) is 30.3 Å². The number of hydrogen-bond donors (Lipinski definition) is 3. The van der Waals surface area contributed by atoms with Crippen LogP contribution in [0, 0.1) is 12.8 Å². The summed E-state index contributed by atoms with van der Waals surface area (Å²) in [5, 5.41) is 8.74. The lowest BCUT2D eigenvalue weighted by Gasteiger charge is -2.28. The number of likely N-dealkylation sites (N-methyl/N-ethyl adjacent to an activating group) is 2. The van der Waals surface area contributed by atoms with Gasteiger partial charge in [0.25, 0.3) is 0 Å². The maximum Gasteiger partial charge on any atom is 0.416 e. The van der Waals surface area contributed by atoms with Gasteiger partial charge in [-0.05, 0) is 62.8 Å². The molecule has 2 aromatic rings. The molecule has 2 atom stereocenters. The number of hydrogen-bond acceptors (Lipinski definition) is 5. The highest BCUT2D eigenvalue weighted by Gasteiger charge is 2.30. The Kier molecular flexibility index (Phi) is 17.7. The van der Waals surface area contributed by atoms with E-state index in [1.54, 1.807) is 14.0 Å². The average Bonchev–Trinajstić information content (AvgIpc) is 2.96. The molecule has 240 valence electrons. The van der Waals surface area contributed by atoms with Crippen molar-refractivity contribution in [1.82, 2.24) is 20.9 Å². The summed E-state index contributed by atoms with van der Waals surface area (Å²) in [6.07, 6.45) is 0.0310. The van der Waals surface area contributed by atoms with Crippen LogP contribution in [0.3, 0.4) is 0 Å². The maximum absolute atomic E-state index is 13.0. The number of benzene rings is 2. The molecule has 3 amide bonds. The molecule has 0 aliphatic carbocycles. The zero-order chi connectivity index (χ0) is 32.3. The number of alkyl halides is 3. The molecule has 0 fully saturated rings. The minimum atomic E-state index is -4.21. The van der Waals surface area contributed by atoms with Gasteiger partial charge in [-0.2, -0.15) is 13.2 Å². The van der Waals surface area contributed by atoms with Crippen LogP contribution in [0.15, 0.2) is 48.5 Å². The lowest BCUT2D eigenvalue weighted by molar-refractivity contribution is -0.137. The van der Waals surface area contributed by atoms with Gasteiger partial charge in [-0.15, -0.1) is 0 Å². The highest BCUT2D eigenvalue weighted by molar-refractivity contribution is 5.87. The summed E-state index contributed by atoms with van der Waals surface area (Å²) in [5.41, 5.74) is 1.33. The van der Waals surface area contributed by atoms with Crippen LogP contribution in [0.5, 0.6) is 5.75 Å². The molecule has 0 radical (unpaired) electrons. The molecule has 0 aliphatic heterocycles. The van der Waals surface area contributed by atoms with Gasteiger partial charge in [-0.3, -0.25) is 14.4 Å². The van der Waals surface area contributed by atoms with E-state index in [0.717, 1.165) is 54.7 Å². The quantitative estimate of drug-likeness (QED) is 0.178. The molecule has 11 heteroatoms. The first-order valence-corrected chi connectivity index (χ1v) is 14.7. The van der Waals surface area contributed by atoms with Gasteiger partial charge in [-0.25, -0.2) is 0 Å². The second kappa shape index (κ2) is 20.3. The SMILES string of the molecule is CCCC(C)C(NCCOc1ccccc1CCCNC=O)C(=O)N(C)CC(=O)NCC.Cc1ccc(C(F)(F)F)cc1. The Bertz CT molecular complexity index is 1100. The molecule has 0 aromatic heterocycles. The summed E-state index contributed by atoms with van der Waals surface area (Å²) in [7, 11) is 1.66. The van der Waals surface area contributed by atoms with Crippen LogP contribution < -0.4 is 20.7 Å². The number of nitrogens with zero attached hydrogens (tertiary/aromatic N) is 1. The molecule has 0 bridgehead atoms. The van der Waals surface area contributed by atoms with Gasteiger partial charge in [0.1, 0.15) is 12.4 Å². The van der Waals surface area contributed by atoms with Crippen molar-refractivity contribution < 1.29 is 32.3 Å². The van der Waals surface area contributed by atoms with Crippen LogP contribution in [0.25, 0.3) is 0 Å². The Balaban J connectivity index is 0.000000699. The van der Waals surface area contributed by atoms with Crippen LogP contribution in [-0.2, 0) is 27.0 Å². The summed E-state index contributed by atoms with van der Waals surface area (Å²) in [6.45, 7) is 9.92. The number of halogens is 3. The number of ether oxygens (including phenoxy) is 1. The van der Waals surface area contributed by atoms with Gasteiger partial charge in [0.2, 0.25) is 18.2 Å². The van der Waals surface area contributed by atoms with E-state index in [0.29, 0.717) is 32.7 Å². The Morgan fingerprint density at radius 2 is 1.72 bits per heavy atom. The predicted octanol–water partition coefficient (Wildman–Crippen LogP) is 4.75. The molecule has 3 N–H and O–H groups in total. The average molecular weight is 609 g/mol. The summed E-state index contributed by atoms with van der Waals surface area (Å²) in [5.74, 6) is 0.717. The third-order valence-electron chi connectivity index (χ3n) is 6.64. The third kappa shape index (κ3) is 14.9. The lowest BCUT2D eigenvalue weighted by atomic mass is 9.95. The molecule has 8 nitrogen and oxygen atoms in total. The topological polar surface area (TPSA) is 99.8 Å². The number of aryl methyl sites for hydroxylation is 2. The van der Waals surface area contributed by atoms with E-state index >= 15 is 0 Å². The minimum Gasteiger partial charge on any atom is -0.492 e. The monoisotopic (exact) mass is 608 g/mol. The van der Waals surface area contributed by atoms with E-state index < -0.39 is 11.7 Å². The first-order chi connectivity index (χ1) is 20.4. The van der Waals surface area contributed by atoms with Crippen LogP contribution in [0.1, 0.15) is 56.7 Å². The number of para-hydroxylation sites is 1. The Morgan fingerprint density at radius 1 is 1.05 bits per heavy atom. The van der Waals surface area contributed by atoms with Crippen molar-refractivity contribution in [1.29, 1.82) is 0 Å². The second-order valence-electron chi connectivity index (χ2n) is 10.3. The van der Waals surface area contributed by atoms with Crippen molar-refractivity contribution in [3.63, 3.8) is 0 Å². The van der Waals surface area contributed by atoms with Gasteiger partial charge in [0.05, 0.1) is 18.2 Å². The fourth-order valence-corrected chi connectivity index (χ4v) is 4.35. The van der Waals surface area contributed by atoms with Crippen molar-refractivity contribution >= 4 is 18.2 Å². The number of rotatable bonds is 17. The van der Waals surface area contributed by atoms with E-state index in [2.05, 4.69) is 29.8 Å². The van der Waals surface area contributed by atoms with Gasteiger partial charge in [0.15, 0.2) is 0 Å². The molecular weight excluding hydrogens is 561 g/mol. The normalized spacial score (nSPS) is 12.3. The fraction of sp³-hybridized carbons (Fsp3) is 0.531. The molecule has 43 heavy (non-hydrogen) atoms.